The molecule has 1 aliphatic rings. The molecular weight excluding hydrogens is 221 g/mol. The van der Waals surface area contributed by atoms with E-state index in [1.165, 1.54) is 12.1 Å². The number of benzene rings is 1. The summed E-state index contributed by atoms with van der Waals surface area (Å²) < 4.78 is 39.5. The predicted octanol–water partition coefficient (Wildman–Crippen LogP) is 0.0623. The second-order valence-corrected chi connectivity index (χ2v) is 4.86. The molecule has 1 aliphatic heterocycles. The highest BCUT2D eigenvalue weighted by atomic mass is 32.2. The lowest BCUT2D eigenvalue weighted by Gasteiger charge is -2.16. The number of nitrogens with two attached hydrogens (primary N) is 1. The van der Waals surface area contributed by atoms with Crippen LogP contribution >= 0.6 is 0 Å². The van der Waals surface area contributed by atoms with E-state index in [2.05, 4.69) is 4.72 Å². The topological polar surface area (TPSA) is 75.4 Å². The molecule has 0 bridgehead atoms. The summed E-state index contributed by atoms with van der Waals surface area (Å²) in [5, 5.41) is 0. The third-order valence-corrected chi connectivity index (χ3v) is 3.66. The number of halogens is 1. The van der Waals surface area contributed by atoms with E-state index in [4.69, 9.17) is 5.73 Å². The fourth-order valence-electron chi connectivity index (χ4n) is 1.45. The fourth-order valence-corrected chi connectivity index (χ4v) is 2.69. The van der Waals surface area contributed by atoms with E-state index in [0.29, 0.717) is 0 Å². The van der Waals surface area contributed by atoms with Crippen LogP contribution in [0.5, 0.6) is 0 Å². The zero-order chi connectivity index (χ0) is 11.1. The van der Waals surface area contributed by atoms with Crippen LogP contribution in [0.3, 0.4) is 0 Å². The molecule has 2 rings (SSSR count). The van der Waals surface area contributed by atoms with Gasteiger partial charge in [0.05, 0.1) is 5.69 Å². The van der Waals surface area contributed by atoms with E-state index < -0.39 is 16.0 Å². The minimum Gasteiger partial charge on any atom is -0.399 e. The maximum atomic E-state index is 13.4. The van der Waals surface area contributed by atoms with Crippen molar-refractivity contribution in [1.29, 1.82) is 0 Å². The van der Waals surface area contributed by atoms with Crippen molar-refractivity contribution in [1.82, 2.24) is 4.72 Å². The molecule has 7 heteroatoms. The highest BCUT2D eigenvalue weighted by molar-refractivity contribution is 7.91. The lowest BCUT2D eigenvalue weighted by Crippen LogP contribution is -2.29. The van der Waals surface area contributed by atoms with Crippen LogP contribution in [0.1, 0.15) is 0 Å². The lowest BCUT2D eigenvalue weighted by molar-refractivity contribution is 0.588. The standard InChI is InChI=1S/C8H10FN3O2S/c9-7-5-6(10)1-2-8(7)12-4-3-11-15(12,13)14/h1-2,5,11H,3-4,10H2. The molecule has 0 aromatic heterocycles. The number of nitrogens with zero attached hydrogens (tertiary/aromatic N) is 1. The first-order chi connectivity index (χ1) is 7.00. The van der Waals surface area contributed by atoms with Crippen LogP contribution in [0.4, 0.5) is 15.8 Å². The van der Waals surface area contributed by atoms with Crippen molar-refractivity contribution in [3.8, 4) is 0 Å². The molecule has 1 heterocycles. The second kappa shape index (κ2) is 3.35. The SMILES string of the molecule is Nc1ccc(N2CCNS2(=O)=O)c(F)c1. The Kier molecular flexibility index (Phi) is 2.28. The van der Waals surface area contributed by atoms with Crippen molar-refractivity contribution in [3.63, 3.8) is 0 Å². The Morgan fingerprint density at radius 3 is 2.73 bits per heavy atom. The maximum absolute atomic E-state index is 13.4. The fraction of sp³-hybridized carbons (Fsp3) is 0.250. The zero-order valence-corrected chi connectivity index (χ0v) is 8.59. The third-order valence-electron chi connectivity index (χ3n) is 2.13. The van der Waals surface area contributed by atoms with Crippen molar-refractivity contribution in [2.24, 2.45) is 0 Å². The molecule has 0 unspecified atom stereocenters. The van der Waals surface area contributed by atoms with Gasteiger partial charge in [-0.1, -0.05) is 0 Å². The second-order valence-electron chi connectivity index (χ2n) is 3.18. The van der Waals surface area contributed by atoms with E-state index in [0.717, 1.165) is 10.4 Å². The summed E-state index contributed by atoms with van der Waals surface area (Å²) in [6.45, 7) is 0.509. The molecule has 1 saturated heterocycles. The van der Waals surface area contributed by atoms with Gasteiger partial charge < -0.3 is 5.73 Å². The average molecular weight is 231 g/mol. The van der Waals surface area contributed by atoms with Gasteiger partial charge in [0.15, 0.2) is 0 Å². The van der Waals surface area contributed by atoms with Gasteiger partial charge in [0, 0.05) is 18.8 Å². The van der Waals surface area contributed by atoms with E-state index >= 15 is 0 Å². The average Bonchev–Trinajstić information content (AvgIpc) is 2.46. The molecule has 0 saturated carbocycles. The number of hydrogen-bond donors (Lipinski definition) is 2. The summed E-state index contributed by atoms with van der Waals surface area (Å²) in [4.78, 5) is 0. The number of rotatable bonds is 1. The molecule has 15 heavy (non-hydrogen) atoms. The first kappa shape index (κ1) is 10.2. The third kappa shape index (κ3) is 1.75. The maximum Gasteiger partial charge on any atom is 0.301 e. The molecule has 1 aromatic carbocycles. The Labute approximate surface area is 86.9 Å². The van der Waals surface area contributed by atoms with E-state index in [9.17, 15) is 12.8 Å². The van der Waals surface area contributed by atoms with Gasteiger partial charge in [-0.3, -0.25) is 4.31 Å². The van der Waals surface area contributed by atoms with Gasteiger partial charge in [0.2, 0.25) is 0 Å². The van der Waals surface area contributed by atoms with Crippen LogP contribution in [-0.2, 0) is 10.2 Å². The van der Waals surface area contributed by atoms with Crippen LogP contribution in [0.2, 0.25) is 0 Å². The van der Waals surface area contributed by atoms with Crippen molar-refractivity contribution >= 4 is 21.6 Å². The van der Waals surface area contributed by atoms with E-state index in [1.807, 2.05) is 0 Å². The van der Waals surface area contributed by atoms with Crippen LogP contribution in [0.25, 0.3) is 0 Å². The summed E-state index contributed by atoms with van der Waals surface area (Å²) in [5.41, 5.74) is 5.66. The molecule has 1 fully saturated rings. The highest BCUT2D eigenvalue weighted by Crippen LogP contribution is 2.24. The predicted molar refractivity (Wildman–Crippen MR) is 55.1 cm³/mol. The Morgan fingerprint density at radius 1 is 1.47 bits per heavy atom. The number of nitrogen functional groups attached to an aromatic ring is 1. The highest BCUT2D eigenvalue weighted by Gasteiger charge is 2.29. The molecule has 0 amide bonds. The van der Waals surface area contributed by atoms with Gasteiger partial charge in [-0.2, -0.15) is 13.1 Å². The van der Waals surface area contributed by atoms with Gasteiger partial charge >= 0.3 is 10.2 Å². The Hall–Kier alpha value is -1.34. The first-order valence-electron chi connectivity index (χ1n) is 4.33. The van der Waals surface area contributed by atoms with Crippen LogP contribution in [0.15, 0.2) is 18.2 Å². The summed E-state index contributed by atoms with van der Waals surface area (Å²) >= 11 is 0. The summed E-state index contributed by atoms with van der Waals surface area (Å²) in [5.74, 6) is -0.637. The van der Waals surface area contributed by atoms with Crippen LogP contribution < -0.4 is 14.8 Å². The largest absolute Gasteiger partial charge is 0.399 e. The van der Waals surface area contributed by atoms with Gasteiger partial charge in [0.1, 0.15) is 5.82 Å². The number of hydrogen-bond acceptors (Lipinski definition) is 3. The smallest absolute Gasteiger partial charge is 0.301 e. The Balaban J connectivity index is 2.46. The minimum absolute atomic E-state index is 0.0224. The molecule has 0 atom stereocenters. The van der Waals surface area contributed by atoms with Gasteiger partial charge in [-0.05, 0) is 18.2 Å². The molecule has 0 radical (unpaired) electrons. The molecule has 0 aliphatic carbocycles. The first-order valence-corrected chi connectivity index (χ1v) is 5.77. The quantitative estimate of drug-likeness (QED) is 0.671. The molecule has 1 aromatic rings. The van der Waals surface area contributed by atoms with Crippen molar-refractivity contribution < 1.29 is 12.8 Å². The number of nitrogens with one attached hydrogen (secondary N) is 1. The molecule has 5 nitrogen and oxygen atoms in total. The molecule has 3 N–H and O–H groups in total. The van der Waals surface area contributed by atoms with Gasteiger partial charge in [0.25, 0.3) is 0 Å². The molecule has 0 spiro atoms. The monoisotopic (exact) mass is 231 g/mol. The summed E-state index contributed by atoms with van der Waals surface area (Å²) in [7, 11) is -3.57. The van der Waals surface area contributed by atoms with Gasteiger partial charge in [-0.15, -0.1) is 0 Å². The van der Waals surface area contributed by atoms with Crippen molar-refractivity contribution in [2.75, 3.05) is 23.1 Å². The van der Waals surface area contributed by atoms with Crippen molar-refractivity contribution in [3.05, 3.63) is 24.0 Å². The van der Waals surface area contributed by atoms with Crippen LogP contribution in [0, 0.1) is 5.82 Å². The number of anilines is 2. The summed E-state index contributed by atoms with van der Waals surface area (Å²) in [6, 6.07) is 3.92. The lowest BCUT2D eigenvalue weighted by atomic mass is 10.2. The molecular formula is C8H10FN3O2S. The summed E-state index contributed by atoms with van der Waals surface area (Å²) in [6.07, 6.45) is 0. The van der Waals surface area contributed by atoms with Crippen molar-refractivity contribution in [2.45, 2.75) is 0 Å². The Bertz CT molecular complexity index is 489. The Morgan fingerprint density at radius 2 is 2.20 bits per heavy atom. The van der Waals surface area contributed by atoms with Gasteiger partial charge in [-0.25, -0.2) is 4.39 Å². The minimum atomic E-state index is -3.57. The zero-order valence-electron chi connectivity index (χ0n) is 7.77. The van der Waals surface area contributed by atoms with E-state index in [1.54, 1.807) is 0 Å². The van der Waals surface area contributed by atoms with Crippen LogP contribution in [-0.4, -0.2) is 21.5 Å². The normalized spacial score (nSPS) is 19.4. The van der Waals surface area contributed by atoms with E-state index in [-0.39, 0.29) is 24.5 Å². The molecule has 82 valence electrons.